The van der Waals surface area contributed by atoms with Crippen molar-refractivity contribution in [2.75, 3.05) is 33.2 Å². The number of nitrogens with zero attached hydrogens (tertiary/aromatic N) is 3. The fourth-order valence-corrected chi connectivity index (χ4v) is 5.81. The van der Waals surface area contributed by atoms with Crippen LogP contribution in [0, 0.1) is 0 Å². The number of hydrogen-bond acceptors (Lipinski definition) is 5. The maximum absolute atomic E-state index is 13.1. The van der Waals surface area contributed by atoms with Gasteiger partial charge in [0.2, 0.25) is 27.7 Å². The molecule has 2 heterocycles. The van der Waals surface area contributed by atoms with Gasteiger partial charge in [-0.1, -0.05) is 30.3 Å². The van der Waals surface area contributed by atoms with E-state index in [1.54, 1.807) is 52.1 Å². The normalized spacial score (nSPS) is 18.2. The van der Waals surface area contributed by atoms with Gasteiger partial charge in [-0.3, -0.25) is 14.4 Å². The van der Waals surface area contributed by atoms with Crippen molar-refractivity contribution in [2.24, 2.45) is 0 Å². The number of hydrogen-bond donors (Lipinski definition) is 1. The Hall–Kier alpha value is -2.46. The minimum atomic E-state index is -3.83. The van der Waals surface area contributed by atoms with E-state index in [1.165, 1.54) is 6.92 Å². The maximum atomic E-state index is 13.1. The molecular formula is C23H34N4O5S. The standard InChI is InChI=1S/C23H34N4O5S/c1-18(28)26-14-10-20(11-15-26)25(2)22(29)16-21(23(30)27-12-6-7-13-27)24-33(31,32)17-19-8-4-3-5-9-19/h3-5,8-9,20-21,24H,6-7,10-17H2,1-2H3/t21-/m1/s1. The highest BCUT2D eigenvalue weighted by Gasteiger charge is 2.34. The molecule has 2 fully saturated rings. The molecule has 1 atom stereocenters. The summed E-state index contributed by atoms with van der Waals surface area (Å²) in [6.45, 7) is 3.84. The Morgan fingerprint density at radius 1 is 1.03 bits per heavy atom. The van der Waals surface area contributed by atoms with Gasteiger partial charge < -0.3 is 14.7 Å². The summed E-state index contributed by atoms with van der Waals surface area (Å²) in [5.74, 6) is -0.870. The van der Waals surface area contributed by atoms with Crippen molar-refractivity contribution < 1.29 is 22.8 Å². The summed E-state index contributed by atoms with van der Waals surface area (Å²) in [7, 11) is -2.15. The minimum absolute atomic E-state index is 0.0199. The Kier molecular flexibility index (Phi) is 8.47. The first-order valence-electron chi connectivity index (χ1n) is 11.5. The second-order valence-corrected chi connectivity index (χ2v) is 10.6. The zero-order valence-corrected chi connectivity index (χ0v) is 20.2. The third kappa shape index (κ3) is 7.01. The molecule has 0 unspecified atom stereocenters. The smallest absolute Gasteiger partial charge is 0.241 e. The summed E-state index contributed by atoms with van der Waals surface area (Å²) >= 11 is 0. The van der Waals surface area contributed by atoms with E-state index in [0.29, 0.717) is 44.6 Å². The molecule has 2 saturated heterocycles. The van der Waals surface area contributed by atoms with Gasteiger partial charge in [0.1, 0.15) is 6.04 Å². The molecule has 2 aliphatic rings. The molecule has 0 spiro atoms. The molecule has 2 aliphatic heterocycles. The van der Waals surface area contributed by atoms with Gasteiger partial charge in [-0.2, -0.15) is 0 Å². The lowest BCUT2D eigenvalue weighted by molar-refractivity contribution is -0.139. The molecule has 3 rings (SSSR count). The fraction of sp³-hybridized carbons (Fsp3) is 0.609. The number of sulfonamides is 1. The Labute approximate surface area is 196 Å². The third-order valence-corrected chi connectivity index (χ3v) is 7.82. The molecule has 0 bridgehead atoms. The van der Waals surface area contributed by atoms with Crippen molar-refractivity contribution in [3.63, 3.8) is 0 Å². The monoisotopic (exact) mass is 478 g/mol. The highest BCUT2D eigenvalue weighted by atomic mass is 32.2. The van der Waals surface area contributed by atoms with Crippen LogP contribution < -0.4 is 4.72 Å². The molecule has 9 nitrogen and oxygen atoms in total. The van der Waals surface area contributed by atoms with Crippen molar-refractivity contribution in [2.45, 2.75) is 56.9 Å². The van der Waals surface area contributed by atoms with Crippen LogP contribution in [0.2, 0.25) is 0 Å². The van der Waals surface area contributed by atoms with Gasteiger partial charge in [-0.25, -0.2) is 13.1 Å². The number of amides is 3. The van der Waals surface area contributed by atoms with Crippen LogP contribution in [0.3, 0.4) is 0 Å². The number of benzene rings is 1. The van der Waals surface area contributed by atoms with E-state index < -0.39 is 16.1 Å². The fourth-order valence-electron chi connectivity index (χ4n) is 4.48. The van der Waals surface area contributed by atoms with Gasteiger partial charge in [-0.15, -0.1) is 0 Å². The van der Waals surface area contributed by atoms with Crippen LogP contribution in [0.4, 0.5) is 0 Å². The summed E-state index contributed by atoms with van der Waals surface area (Å²) < 4.78 is 28.2. The number of likely N-dealkylation sites (tertiary alicyclic amines) is 2. The van der Waals surface area contributed by atoms with Gasteiger partial charge >= 0.3 is 0 Å². The Bertz CT molecular complexity index is 939. The highest BCUT2D eigenvalue weighted by Crippen LogP contribution is 2.18. The molecule has 0 saturated carbocycles. The number of nitrogens with one attached hydrogen (secondary N) is 1. The summed E-state index contributed by atoms with van der Waals surface area (Å²) in [5.41, 5.74) is 0.609. The van der Waals surface area contributed by atoms with E-state index in [2.05, 4.69) is 4.72 Å². The van der Waals surface area contributed by atoms with Crippen LogP contribution in [-0.2, 0) is 30.2 Å². The van der Waals surface area contributed by atoms with Crippen molar-refractivity contribution in [3.8, 4) is 0 Å². The topological polar surface area (TPSA) is 107 Å². The van der Waals surface area contributed by atoms with Crippen LogP contribution in [0.1, 0.15) is 44.6 Å². The Balaban J connectivity index is 1.68. The molecule has 0 aliphatic carbocycles. The van der Waals surface area contributed by atoms with E-state index in [9.17, 15) is 22.8 Å². The van der Waals surface area contributed by atoms with Crippen molar-refractivity contribution >= 4 is 27.7 Å². The maximum Gasteiger partial charge on any atom is 0.241 e. The first-order valence-corrected chi connectivity index (χ1v) is 13.2. The van der Waals surface area contributed by atoms with Crippen molar-refractivity contribution in [1.82, 2.24) is 19.4 Å². The zero-order valence-electron chi connectivity index (χ0n) is 19.4. The summed E-state index contributed by atoms with van der Waals surface area (Å²) in [5, 5.41) is 0. The van der Waals surface area contributed by atoms with Crippen LogP contribution >= 0.6 is 0 Å². The van der Waals surface area contributed by atoms with Crippen molar-refractivity contribution in [3.05, 3.63) is 35.9 Å². The van der Waals surface area contributed by atoms with Gasteiger partial charge in [0.05, 0.1) is 12.2 Å². The van der Waals surface area contributed by atoms with Crippen LogP contribution in [0.25, 0.3) is 0 Å². The molecular weight excluding hydrogens is 444 g/mol. The average Bonchev–Trinajstić information content (AvgIpc) is 3.32. The van der Waals surface area contributed by atoms with E-state index in [1.807, 2.05) is 0 Å². The summed E-state index contributed by atoms with van der Waals surface area (Å²) in [6.07, 6.45) is 2.83. The second kappa shape index (κ2) is 11.1. The van der Waals surface area contributed by atoms with Crippen LogP contribution in [0.5, 0.6) is 0 Å². The first-order chi connectivity index (χ1) is 15.7. The van der Waals surface area contributed by atoms with Crippen LogP contribution in [0.15, 0.2) is 30.3 Å². The predicted molar refractivity (Wildman–Crippen MR) is 124 cm³/mol. The molecule has 1 aromatic rings. The van der Waals surface area contributed by atoms with Crippen LogP contribution in [-0.4, -0.2) is 86.1 Å². The molecule has 33 heavy (non-hydrogen) atoms. The summed E-state index contributed by atoms with van der Waals surface area (Å²) in [6, 6.07) is 7.56. The molecule has 0 aromatic heterocycles. The van der Waals surface area contributed by atoms with E-state index in [-0.39, 0.29) is 35.9 Å². The average molecular weight is 479 g/mol. The number of carbonyl (C=O) groups excluding carboxylic acids is 3. The van der Waals surface area contributed by atoms with Gasteiger partial charge in [-0.05, 0) is 31.2 Å². The highest BCUT2D eigenvalue weighted by molar-refractivity contribution is 7.88. The molecule has 10 heteroatoms. The lowest BCUT2D eigenvalue weighted by Crippen LogP contribution is -2.52. The SMILES string of the molecule is CC(=O)N1CCC(N(C)C(=O)C[C@@H](NS(=O)(=O)Cc2ccccc2)C(=O)N2CCCC2)CC1. The molecule has 0 radical (unpaired) electrons. The lowest BCUT2D eigenvalue weighted by atomic mass is 10.0. The Morgan fingerprint density at radius 2 is 1.64 bits per heavy atom. The molecule has 182 valence electrons. The third-order valence-electron chi connectivity index (χ3n) is 6.47. The zero-order chi connectivity index (χ0) is 24.0. The van der Waals surface area contributed by atoms with E-state index >= 15 is 0 Å². The largest absolute Gasteiger partial charge is 0.343 e. The number of piperidine rings is 1. The lowest BCUT2D eigenvalue weighted by Gasteiger charge is -2.37. The Morgan fingerprint density at radius 3 is 2.21 bits per heavy atom. The molecule has 3 amide bonds. The van der Waals surface area contributed by atoms with Crippen molar-refractivity contribution in [1.29, 1.82) is 0 Å². The first kappa shape index (κ1) is 25.2. The van der Waals surface area contributed by atoms with E-state index in [0.717, 1.165) is 12.8 Å². The molecule has 1 aromatic carbocycles. The van der Waals surface area contributed by atoms with Gasteiger partial charge in [0, 0.05) is 46.2 Å². The summed E-state index contributed by atoms with van der Waals surface area (Å²) in [4.78, 5) is 42.7. The number of rotatable bonds is 8. The quantitative estimate of drug-likeness (QED) is 0.599. The van der Waals surface area contributed by atoms with E-state index in [4.69, 9.17) is 0 Å². The van der Waals surface area contributed by atoms with Gasteiger partial charge in [0.15, 0.2) is 0 Å². The molecule has 1 N–H and O–H groups in total. The minimum Gasteiger partial charge on any atom is -0.343 e. The number of carbonyl (C=O) groups is 3. The predicted octanol–water partition coefficient (Wildman–Crippen LogP) is 0.956. The van der Waals surface area contributed by atoms with Gasteiger partial charge in [0.25, 0.3) is 0 Å². The second-order valence-electron chi connectivity index (χ2n) is 8.89.